The third-order valence-electron chi connectivity index (χ3n) is 1.75. The summed E-state index contributed by atoms with van der Waals surface area (Å²) < 4.78 is 85.5. The SMILES string of the molecule is O=C(c1ncc[nH]1)C(F)(F)C(F)(F)C(F)(F)F. The monoisotopic (exact) mass is 264 g/mol. The molecule has 1 heterocycles. The number of rotatable bonds is 3. The Morgan fingerprint density at radius 1 is 1.12 bits per heavy atom. The number of ketones is 1. The molecule has 1 aromatic rings. The summed E-state index contributed by atoms with van der Waals surface area (Å²) in [5.74, 6) is -16.4. The van der Waals surface area contributed by atoms with Crippen molar-refractivity contribution in [2.75, 3.05) is 0 Å². The van der Waals surface area contributed by atoms with Crippen LogP contribution in [0.4, 0.5) is 30.7 Å². The number of aromatic nitrogens is 2. The molecule has 0 saturated carbocycles. The Morgan fingerprint density at radius 3 is 2.00 bits per heavy atom. The lowest BCUT2D eigenvalue weighted by molar-refractivity contribution is -0.339. The highest BCUT2D eigenvalue weighted by Crippen LogP contribution is 2.47. The summed E-state index contributed by atoms with van der Waals surface area (Å²) in [6.45, 7) is 0. The Morgan fingerprint density at radius 2 is 1.65 bits per heavy atom. The van der Waals surface area contributed by atoms with Crippen LogP contribution < -0.4 is 0 Å². The van der Waals surface area contributed by atoms with Gasteiger partial charge in [0.1, 0.15) is 0 Å². The molecule has 0 aliphatic carbocycles. The zero-order valence-electron chi connectivity index (χ0n) is 7.66. The predicted octanol–water partition coefficient (Wildman–Crippen LogP) is 2.43. The predicted molar refractivity (Wildman–Crippen MR) is 38.9 cm³/mol. The van der Waals surface area contributed by atoms with Crippen LogP contribution >= 0.6 is 0 Å². The van der Waals surface area contributed by atoms with Crippen LogP contribution in [0.1, 0.15) is 10.6 Å². The van der Waals surface area contributed by atoms with Crippen molar-refractivity contribution in [2.24, 2.45) is 0 Å². The van der Waals surface area contributed by atoms with Crippen LogP contribution in [0.3, 0.4) is 0 Å². The molecule has 0 atom stereocenters. The fraction of sp³-hybridized carbons (Fsp3) is 0.429. The molecule has 17 heavy (non-hydrogen) atoms. The summed E-state index contributed by atoms with van der Waals surface area (Å²) in [4.78, 5) is 15.4. The van der Waals surface area contributed by atoms with Gasteiger partial charge in [-0.15, -0.1) is 0 Å². The second kappa shape index (κ2) is 3.70. The fourth-order valence-corrected chi connectivity index (χ4v) is 0.859. The van der Waals surface area contributed by atoms with Crippen LogP contribution in [0, 0.1) is 0 Å². The number of aromatic amines is 1. The molecule has 0 amide bonds. The van der Waals surface area contributed by atoms with Crippen molar-refractivity contribution < 1.29 is 35.5 Å². The number of imidazole rings is 1. The summed E-state index contributed by atoms with van der Waals surface area (Å²) in [5, 5.41) is 0. The van der Waals surface area contributed by atoms with E-state index in [2.05, 4.69) is 4.98 Å². The Labute approximate surface area is 88.6 Å². The second-order valence-electron chi connectivity index (χ2n) is 2.91. The lowest BCUT2D eigenvalue weighted by atomic mass is 10.1. The van der Waals surface area contributed by atoms with Crippen LogP contribution in [0.2, 0.25) is 0 Å². The third-order valence-corrected chi connectivity index (χ3v) is 1.75. The van der Waals surface area contributed by atoms with E-state index in [-0.39, 0.29) is 0 Å². The average molecular weight is 264 g/mol. The number of H-pyrrole nitrogens is 1. The van der Waals surface area contributed by atoms with Crippen molar-refractivity contribution in [2.45, 2.75) is 18.0 Å². The number of hydrogen-bond donors (Lipinski definition) is 1. The fourth-order valence-electron chi connectivity index (χ4n) is 0.859. The van der Waals surface area contributed by atoms with Gasteiger partial charge in [-0.1, -0.05) is 0 Å². The van der Waals surface area contributed by atoms with Crippen molar-refractivity contribution in [3.63, 3.8) is 0 Å². The number of carbonyl (C=O) groups is 1. The van der Waals surface area contributed by atoms with Crippen molar-refractivity contribution in [3.05, 3.63) is 18.2 Å². The van der Waals surface area contributed by atoms with E-state index in [9.17, 15) is 35.5 Å². The van der Waals surface area contributed by atoms with Gasteiger partial charge in [0.2, 0.25) is 0 Å². The molecule has 0 aliphatic rings. The molecule has 0 fully saturated rings. The molecule has 0 aromatic carbocycles. The molecular weight excluding hydrogens is 261 g/mol. The maximum Gasteiger partial charge on any atom is 0.460 e. The van der Waals surface area contributed by atoms with Gasteiger partial charge in [-0.05, 0) is 0 Å². The lowest BCUT2D eigenvalue weighted by Gasteiger charge is -2.26. The first-order valence-electron chi connectivity index (χ1n) is 3.88. The van der Waals surface area contributed by atoms with Gasteiger partial charge in [0, 0.05) is 12.4 Å². The highest BCUT2D eigenvalue weighted by molar-refractivity contribution is 5.99. The molecule has 3 nitrogen and oxygen atoms in total. The zero-order chi connectivity index (χ0) is 13.5. The molecule has 1 aromatic heterocycles. The molecule has 0 spiro atoms. The van der Waals surface area contributed by atoms with E-state index in [1.54, 1.807) is 4.98 Å². The van der Waals surface area contributed by atoms with E-state index in [0.717, 1.165) is 12.4 Å². The van der Waals surface area contributed by atoms with E-state index in [0.29, 0.717) is 0 Å². The summed E-state index contributed by atoms with van der Waals surface area (Å²) in [6.07, 6.45) is -4.96. The third kappa shape index (κ3) is 1.98. The van der Waals surface area contributed by atoms with E-state index < -0.39 is 29.6 Å². The number of Topliss-reactive ketones (excluding diaryl/α,β-unsaturated/α-hetero) is 1. The van der Waals surface area contributed by atoms with Gasteiger partial charge in [0.15, 0.2) is 5.82 Å². The summed E-state index contributed by atoms with van der Waals surface area (Å²) in [7, 11) is 0. The highest BCUT2D eigenvalue weighted by Gasteiger charge is 2.76. The first-order chi connectivity index (χ1) is 7.52. The van der Waals surface area contributed by atoms with E-state index in [1.165, 1.54) is 0 Å². The van der Waals surface area contributed by atoms with Crippen molar-refractivity contribution in [1.82, 2.24) is 9.97 Å². The zero-order valence-corrected chi connectivity index (χ0v) is 7.66. The summed E-state index contributed by atoms with van der Waals surface area (Å²) in [5.41, 5.74) is 0. The Hall–Kier alpha value is -1.61. The average Bonchev–Trinajstić information content (AvgIpc) is 2.66. The molecular formula is C7H3F7N2O. The number of hydrogen-bond acceptors (Lipinski definition) is 2. The number of carbonyl (C=O) groups excluding carboxylic acids is 1. The minimum Gasteiger partial charge on any atom is -0.342 e. The smallest absolute Gasteiger partial charge is 0.342 e. The standard InChI is InChI=1S/C7H3F7N2O/c8-5(9,6(10,11)7(12,13)14)3(17)4-15-1-2-16-4/h1-2H,(H,15,16). The topological polar surface area (TPSA) is 45.8 Å². The summed E-state index contributed by atoms with van der Waals surface area (Å²) >= 11 is 0. The van der Waals surface area contributed by atoms with Crippen LogP contribution in [-0.2, 0) is 0 Å². The van der Waals surface area contributed by atoms with Crippen molar-refractivity contribution in [1.29, 1.82) is 0 Å². The Balaban J connectivity index is 3.16. The largest absolute Gasteiger partial charge is 0.460 e. The molecule has 1 rings (SSSR count). The molecule has 0 unspecified atom stereocenters. The first kappa shape index (κ1) is 13.5. The van der Waals surface area contributed by atoms with Gasteiger partial charge in [0.25, 0.3) is 5.78 Å². The highest BCUT2D eigenvalue weighted by atomic mass is 19.4. The van der Waals surface area contributed by atoms with Gasteiger partial charge in [-0.25, -0.2) is 4.98 Å². The molecule has 96 valence electrons. The van der Waals surface area contributed by atoms with Gasteiger partial charge >= 0.3 is 18.0 Å². The lowest BCUT2D eigenvalue weighted by Crippen LogP contribution is -2.56. The number of alkyl halides is 7. The molecule has 0 aliphatic heterocycles. The molecule has 0 radical (unpaired) electrons. The van der Waals surface area contributed by atoms with Gasteiger partial charge in [-0.2, -0.15) is 30.7 Å². The molecule has 0 saturated heterocycles. The van der Waals surface area contributed by atoms with Gasteiger partial charge in [0.05, 0.1) is 0 Å². The number of nitrogens with zero attached hydrogens (tertiary/aromatic N) is 1. The molecule has 1 N–H and O–H groups in total. The Kier molecular flexibility index (Phi) is 2.93. The van der Waals surface area contributed by atoms with Crippen LogP contribution in [0.15, 0.2) is 12.4 Å². The Bertz CT molecular complexity index is 408. The van der Waals surface area contributed by atoms with E-state index in [4.69, 9.17) is 0 Å². The minimum absolute atomic E-state index is 0.759. The molecule has 0 bridgehead atoms. The van der Waals surface area contributed by atoms with Crippen LogP contribution in [0.5, 0.6) is 0 Å². The van der Waals surface area contributed by atoms with Crippen LogP contribution in [-0.4, -0.2) is 33.8 Å². The van der Waals surface area contributed by atoms with E-state index in [1.807, 2.05) is 0 Å². The maximum atomic E-state index is 12.8. The summed E-state index contributed by atoms with van der Waals surface area (Å²) in [6, 6.07) is 0. The van der Waals surface area contributed by atoms with Gasteiger partial charge < -0.3 is 4.98 Å². The van der Waals surface area contributed by atoms with Crippen molar-refractivity contribution >= 4 is 5.78 Å². The number of nitrogens with one attached hydrogen (secondary N) is 1. The normalized spacial score (nSPS) is 13.8. The first-order valence-corrected chi connectivity index (χ1v) is 3.88. The van der Waals surface area contributed by atoms with Gasteiger partial charge in [-0.3, -0.25) is 4.79 Å². The van der Waals surface area contributed by atoms with E-state index >= 15 is 0 Å². The van der Waals surface area contributed by atoms with Crippen LogP contribution in [0.25, 0.3) is 0 Å². The quantitative estimate of drug-likeness (QED) is 0.673. The van der Waals surface area contributed by atoms with Crippen molar-refractivity contribution in [3.8, 4) is 0 Å². The maximum absolute atomic E-state index is 12.8. The minimum atomic E-state index is -6.54. The second-order valence-corrected chi connectivity index (χ2v) is 2.91. The molecule has 10 heteroatoms. The number of halogens is 7.